The summed E-state index contributed by atoms with van der Waals surface area (Å²) < 4.78 is 13.3. The summed E-state index contributed by atoms with van der Waals surface area (Å²) in [5.41, 5.74) is 1.68. The van der Waals surface area contributed by atoms with Crippen LogP contribution in [0, 0.1) is 18.2 Å². The zero-order valence-corrected chi connectivity index (χ0v) is 12.4. The molecule has 2 N–H and O–H groups in total. The third-order valence-electron chi connectivity index (χ3n) is 4.72. The molecule has 0 saturated carbocycles. The van der Waals surface area contributed by atoms with Crippen LogP contribution >= 0.6 is 0 Å². The van der Waals surface area contributed by atoms with E-state index in [0.29, 0.717) is 5.69 Å². The molecule has 1 aromatic rings. The fourth-order valence-corrected chi connectivity index (χ4v) is 3.45. The molecule has 0 bridgehead atoms. The number of aryl methyl sites for hydroxylation is 1. The Morgan fingerprint density at radius 3 is 3.05 bits per heavy atom. The van der Waals surface area contributed by atoms with Gasteiger partial charge in [-0.3, -0.25) is 0 Å². The second-order valence-corrected chi connectivity index (χ2v) is 6.34. The zero-order chi connectivity index (χ0) is 14.9. The highest BCUT2D eigenvalue weighted by Gasteiger charge is 2.39. The SMILES string of the molecule is Cc1ccc(F)cc1NC(=O)N1CCCC2(CCNC2)C1. The average Bonchev–Trinajstić information content (AvgIpc) is 2.91. The van der Waals surface area contributed by atoms with Crippen molar-refractivity contribution in [2.45, 2.75) is 26.2 Å². The molecule has 5 heteroatoms. The van der Waals surface area contributed by atoms with E-state index >= 15 is 0 Å². The van der Waals surface area contributed by atoms with Crippen LogP contribution in [-0.4, -0.2) is 37.1 Å². The number of amides is 2. The number of benzene rings is 1. The van der Waals surface area contributed by atoms with Crippen LogP contribution in [0.5, 0.6) is 0 Å². The van der Waals surface area contributed by atoms with Gasteiger partial charge in [-0.25, -0.2) is 9.18 Å². The summed E-state index contributed by atoms with van der Waals surface area (Å²) in [6.07, 6.45) is 3.36. The molecule has 1 spiro atoms. The van der Waals surface area contributed by atoms with E-state index in [9.17, 15) is 9.18 Å². The number of carbonyl (C=O) groups is 1. The summed E-state index contributed by atoms with van der Waals surface area (Å²) in [4.78, 5) is 14.3. The zero-order valence-electron chi connectivity index (χ0n) is 12.4. The molecule has 2 aliphatic rings. The number of hydrogen-bond donors (Lipinski definition) is 2. The fraction of sp³-hybridized carbons (Fsp3) is 0.562. The second kappa shape index (κ2) is 5.64. The summed E-state index contributed by atoms with van der Waals surface area (Å²) in [5, 5.41) is 6.25. The van der Waals surface area contributed by atoms with Gasteiger partial charge in [0.05, 0.1) is 0 Å². The Bertz CT molecular complexity index is 540. The second-order valence-electron chi connectivity index (χ2n) is 6.34. The number of anilines is 1. The van der Waals surface area contributed by atoms with Crippen molar-refractivity contribution in [1.29, 1.82) is 0 Å². The van der Waals surface area contributed by atoms with Gasteiger partial charge in [0.25, 0.3) is 0 Å². The van der Waals surface area contributed by atoms with Crippen LogP contribution in [0.4, 0.5) is 14.9 Å². The molecule has 4 nitrogen and oxygen atoms in total. The van der Waals surface area contributed by atoms with Gasteiger partial charge >= 0.3 is 6.03 Å². The number of piperidine rings is 1. The molecule has 3 rings (SSSR count). The fourth-order valence-electron chi connectivity index (χ4n) is 3.45. The predicted octanol–water partition coefficient (Wildman–Crippen LogP) is 2.74. The van der Waals surface area contributed by atoms with Crippen molar-refractivity contribution in [1.82, 2.24) is 10.2 Å². The first-order valence-corrected chi connectivity index (χ1v) is 7.61. The van der Waals surface area contributed by atoms with Crippen molar-refractivity contribution in [2.75, 3.05) is 31.5 Å². The lowest BCUT2D eigenvalue weighted by Gasteiger charge is -2.40. The lowest BCUT2D eigenvalue weighted by Crippen LogP contribution is -2.48. The van der Waals surface area contributed by atoms with Crippen LogP contribution in [0.2, 0.25) is 0 Å². The number of halogens is 1. The molecule has 1 aromatic carbocycles. The van der Waals surface area contributed by atoms with Crippen LogP contribution < -0.4 is 10.6 Å². The maximum Gasteiger partial charge on any atom is 0.321 e. The number of nitrogens with one attached hydrogen (secondary N) is 2. The average molecular weight is 291 g/mol. The number of hydrogen-bond acceptors (Lipinski definition) is 2. The normalized spacial score (nSPS) is 25.3. The first-order valence-electron chi connectivity index (χ1n) is 7.61. The first kappa shape index (κ1) is 14.3. The van der Waals surface area contributed by atoms with E-state index in [0.717, 1.165) is 44.6 Å². The van der Waals surface area contributed by atoms with Gasteiger partial charge in [-0.15, -0.1) is 0 Å². The Hall–Kier alpha value is -1.62. The van der Waals surface area contributed by atoms with Crippen molar-refractivity contribution < 1.29 is 9.18 Å². The maximum atomic E-state index is 13.3. The summed E-state index contributed by atoms with van der Waals surface area (Å²) in [5.74, 6) is -0.328. The lowest BCUT2D eigenvalue weighted by molar-refractivity contribution is 0.125. The van der Waals surface area contributed by atoms with Gasteiger partial charge in [0.1, 0.15) is 5.82 Å². The van der Waals surface area contributed by atoms with Gasteiger partial charge in [-0.05, 0) is 50.4 Å². The van der Waals surface area contributed by atoms with Crippen LogP contribution in [0.1, 0.15) is 24.8 Å². The van der Waals surface area contributed by atoms with Gasteiger partial charge in [-0.2, -0.15) is 0 Å². The topological polar surface area (TPSA) is 44.4 Å². The van der Waals surface area contributed by atoms with Gasteiger partial charge in [0, 0.05) is 30.7 Å². The maximum absolute atomic E-state index is 13.3. The van der Waals surface area contributed by atoms with Gasteiger partial charge in [-0.1, -0.05) is 6.07 Å². The number of carbonyl (C=O) groups excluding carboxylic acids is 1. The summed E-state index contributed by atoms with van der Waals surface area (Å²) in [6.45, 7) is 5.48. The minimum atomic E-state index is -0.328. The van der Waals surface area contributed by atoms with E-state index in [1.807, 2.05) is 11.8 Å². The van der Waals surface area contributed by atoms with Crippen LogP contribution in [0.3, 0.4) is 0 Å². The Labute approximate surface area is 124 Å². The molecule has 2 heterocycles. The summed E-state index contributed by atoms with van der Waals surface area (Å²) in [6, 6.07) is 4.35. The van der Waals surface area contributed by atoms with Gasteiger partial charge < -0.3 is 15.5 Å². The Kier molecular flexibility index (Phi) is 3.85. The highest BCUT2D eigenvalue weighted by Crippen LogP contribution is 2.35. The number of likely N-dealkylation sites (tertiary alicyclic amines) is 1. The largest absolute Gasteiger partial charge is 0.324 e. The van der Waals surface area contributed by atoms with Crippen molar-refractivity contribution in [3.8, 4) is 0 Å². The van der Waals surface area contributed by atoms with Gasteiger partial charge in [0.2, 0.25) is 0 Å². The highest BCUT2D eigenvalue weighted by molar-refractivity contribution is 5.90. The molecule has 0 aliphatic carbocycles. The smallest absolute Gasteiger partial charge is 0.321 e. The van der Waals surface area contributed by atoms with E-state index in [1.54, 1.807) is 6.07 Å². The third kappa shape index (κ3) is 3.02. The van der Waals surface area contributed by atoms with Gasteiger partial charge in [0.15, 0.2) is 0 Å². The Morgan fingerprint density at radius 2 is 2.29 bits per heavy atom. The number of urea groups is 1. The summed E-state index contributed by atoms with van der Waals surface area (Å²) >= 11 is 0. The first-order chi connectivity index (χ1) is 10.1. The van der Waals surface area contributed by atoms with Crippen molar-refractivity contribution in [2.24, 2.45) is 5.41 Å². The molecule has 21 heavy (non-hydrogen) atoms. The van der Waals surface area contributed by atoms with Crippen LogP contribution in [-0.2, 0) is 0 Å². The Morgan fingerprint density at radius 1 is 1.43 bits per heavy atom. The number of nitrogens with zero attached hydrogens (tertiary/aromatic N) is 1. The quantitative estimate of drug-likeness (QED) is 0.835. The molecular weight excluding hydrogens is 269 g/mol. The van der Waals surface area contributed by atoms with E-state index in [1.165, 1.54) is 18.6 Å². The Balaban J connectivity index is 1.68. The van der Waals surface area contributed by atoms with Crippen molar-refractivity contribution >= 4 is 11.7 Å². The van der Waals surface area contributed by atoms with E-state index in [-0.39, 0.29) is 17.3 Å². The van der Waals surface area contributed by atoms with Crippen molar-refractivity contribution in [3.05, 3.63) is 29.6 Å². The standard InChI is InChI=1S/C16H22FN3O/c1-12-3-4-13(17)9-14(12)19-15(21)20-8-2-5-16(11-20)6-7-18-10-16/h3-4,9,18H,2,5-8,10-11H2,1H3,(H,19,21). The minimum absolute atomic E-state index is 0.116. The predicted molar refractivity (Wildman–Crippen MR) is 80.9 cm³/mol. The lowest BCUT2D eigenvalue weighted by atomic mass is 9.79. The third-order valence-corrected chi connectivity index (χ3v) is 4.72. The van der Waals surface area contributed by atoms with Crippen LogP contribution in [0.15, 0.2) is 18.2 Å². The molecule has 0 radical (unpaired) electrons. The number of rotatable bonds is 1. The molecule has 2 saturated heterocycles. The minimum Gasteiger partial charge on any atom is -0.324 e. The monoisotopic (exact) mass is 291 g/mol. The summed E-state index contributed by atoms with van der Waals surface area (Å²) in [7, 11) is 0. The molecule has 2 aliphatic heterocycles. The molecular formula is C16H22FN3O. The van der Waals surface area contributed by atoms with Crippen molar-refractivity contribution in [3.63, 3.8) is 0 Å². The molecule has 2 amide bonds. The van der Waals surface area contributed by atoms with E-state index in [2.05, 4.69) is 10.6 Å². The molecule has 1 unspecified atom stereocenters. The van der Waals surface area contributed by atoms with Crippen LogP contribution in [0.25, 0.3) is 0 Å². The molecule has 0 aromatic heterocycles. The molecule has 1 atom stereocenters. The van der Waals surface area contributed by atoms with E-state index < -0.39 is 0 Å². The highest BCUT2D eigenvalue weighted by atomic mass is 19.1. The molecule has 2 fully saturated rings. The molecule has 114 valence electrons. The van der Waals surface area contributed by atoms with E-state index in [4.69, 9.17) is 0 Å².